The van der Waals surface area contributed by atoms with Crippen LogP contribution in [0.2, 0.25) is 0 Å². The lowest BCUT2D eigenvalue weighted by molar-refractivity contribution is 0.103. The average molecular weight is 575 g/mol. The first-order chi connectivity index (χ1) is 21.0. The summed E-state index contributed by atoms with van der Waals surface area (Å²) in [5, 5.41) is 0. The van der Waals surface area contributed by atoms with Crippen LogP contribution in [-0.2, 0) is 0 Å². The van der Waals surface area contributed by atoms with Gasteiger partial charge in [0.2, 0.25) is 0 Å². The van der Waals surface area contributed by atoms with Crippen LogP contribution in [0, 0.1) is 13.8 Å². The fraction of sp³-hybridized carbons (Fsp3) is 0.0500. The van der Waals surface area contributed by atoms with Crippen molar-refractivity contribution >= 4 is 23.3 Å². The van der Waals surface area contributed by atoms with Gasteiger partial charge in [-0.25, -0.2) is 0 Å². The van der Waals surface area contributed by atoms with Crippen LogP contribution in [0.5, 0.6) is 0 Å². The third kappa shape index (κ3) is 6.28. The molecule has 6 aromatic carbocycles. The molecule has 0 heterocycles. The molecule has 6 aromatic rings. The molecule has 0 aliphatic heterocycles. The maximum Gasteiger partial charge on any atom is 0.193 e. The number of hydrogen-bond donors (Lipinski definition) is 0. The van der Waals surface area contributed by atoms with Gasteiger partial charge in [0.25, 0.3) is 0 Å². The summed E-state index contributed by atoms with van der Waals surface area (Å²) in [6.45, 7) is 4.03. The van der Waals surface area contributed by atoms with Crippen LogP contribution in [0.4, 0.5) is 0 Å². The summed E-state index contributed by atoms with van der Waals surface area (Å²) in [6, 6.07) is 47.8. The molecule has 0 bridgehead atoms. The van der Waals surface area contributed by atoms with E-state index >= 15 is 0 Å². The molecule has 0 radical (unpaired) electrons. The zero-order valence-electron chi connectivity index (χ0n) is 24.1. The third-order valence-corrected chi connectivity index (χ3v) is 8.69. The van der Waals surface area contributed by atoms with Crippen LogP contribution in [-0.4, -0.2) is 11.6 Å². The summed E-state index contributed by atoms with van der Waals surface area (Å²) in [4.78, 5) is 28.3. The molecule has 0 amide bonds. The molecule has 0 N–H and O–H groups in total. The van der Waals surface area contributed by atoms with Crippen molar-refractivity contribution in [1.82, 2.24) is 0 Å². The fourth-order valence-electron chi connectivity index (χ4n) is 5.05. The van der Waals surface area contributed by atoms with Crippen LogP contribution in [0.25, 0.3) is 22.3 Å². The Balaban J connectivity index is 1.25. The van der Waals surface area contributed by atoms with Gasteiger partial charge in [0, 0.05) is 32.0 Å². The minimum absolute atomic E-state index is 0.0229. The van der Waals surface area contributed by atoms with Gasteiger partial charge in [0.1, 0.15) is 0 Å². The lowest BCUT2D eigenvalue weighted by Crippen LogP contribution is -2.01. The Morgan fingerprint density at radius 3 is 1.05 bits per heavy atom. The Morgan fingerprint density at radius 2 is 0.698 bits per heavy atom. The maximum atomic E-state index is 13.0. The molecule has 0 aromatic heterocycles. The lowest BCUT2D eigenvalue weighted by Gasteiger charge is -2.14. The number of aryl methyl sites for hydroxylation is 2. The van der Waals surface area contributed by atoms with Gasteiger partial charge in [0.15, 0.2) is 11.6 Å². The van der Waals surface area contributed by atoms with Crippen LogP contribution >= 0.6 is 11.8 Å². The zero-order valence-corrected chi connectivity index (χ0v) is 24.9. The SMILES string of the molecule is Cc1ccc(C(=O)c2ccc(-c3ccccc3Sc3ccccc3-c3ccc(C(=O)c4ccc(C)cc4)cc3)cc2)cc1. The molecule has 0 fully saturated rings. The van der Waals surface area contributed by atoms with Gasteiger partial charge in [-0.1, -0.05) is 156 Å². The fourth-order valence-corrected chi connectivity index (χ4v) is 6.17. The summed E-state index contributed by atoms with van der Waals surface area (Å²) in [5.41, 5.74) is 9.32. The van der Waals surface area contributed by atoms with Gasteiger partial charge in [-0.05, 0) is 48.2 Å². The highest BCUT2D eigenvalue weighted by Crippen LogP contribution is 2.40. The monoisotopic (exact) mass is 574 g/mol. The van der Waals surface area contributed by atoms with E-state index in [1.807, 2.05) is 123 Å². The van der Waals surface area contributed by atoms with Crippen molar-refractivity contribution in [2.24, 2.45) is 0 Å². The van der Waals surface area contributed by atoms with Crippen LogP contribution < -0.4 is 0 Å². The van der Waals surface area contributed by atoms with E-state index in [4.69, 9.17) is 0 Å². The second-order valence-corrected chi connectivity index (χ2v) is 11.7. The summed E-state index contributed by atoms with van der Waals surface area (Å²) in [5.74, 6) is 0.0458. The molecular weight excluding hydrogens is 545 g/mol. The molecule has 208 valence electrons. The molecule has 6 rings (SSSR count). The Labute approximate surface area is 257 Å². The van der Waals surface area contributed by atoms with Crippen molar-refractivity contribution in [1.29, 1.82) is 0 Å². The van der Waals surface area contributed by atoms with Gasteiger partial charge in [-0.3, -0.25) is 9.59 Å². The molecular formula is C40H30O2S. The van der Waals surface area contributed by atoms with Crippen molar-refractivity contribution in [2.45, 2.75) is 23.6 Å². The summed E-state index contributed by atoms with van der Waals surface area (Å²) in [7, 11) is 0. The lowest BCUT2D eigenvalue weighted by atomic mass is 9.99. The number of carbonyl (C=O) groups excluding carboxylic acids is 2. The van der Waals surface area contributed by atoms with Crippen molar-refractivity contribution in [2.75, 3.05) is 0 Å². The smallest absolute Gasteiger partial charge is 0.193 e. The first-order valence-electron chi connectivity index (χ1n) is 14.3. The summed E-state index contributed by atoms with van der Waals surface area (Å²) < 4.78 is 0. The molecule has 2 nitrogen and oxygen atoms in total. The van der Waals surface area contributed by atoms with Crippen molar-refractivity contribution in [3.8, 4) is 22.3 Å². The normalized spacial score (nSPS) is 10.8. The standard InChI is InChI=1S/C40H30O2S/c1-27-11-15-31(16-12-27)39(41)33-23-19-29(20-24-33)35-7-3-5-9-37(35)43-38-10-6-4-8-36(38)30-21-25-34(26-22-30)40(42)32-17-13-28(2)14-18-32/h3-26H,1-2H3. The van der Waals surface area contributed by atoms with Crippen LogP contribution in [0.15, 0.2) is 155 Å². The second kappa shape index (κ2) is 12.5. The highest BCUT2D eigenvalue weighted by Gasteiger charge is 2.14. The quantitative estimate of drug-likeness (QED) is 0.170. The summed E-state index contributed by atoms with van der Waals surface area (Å²) in [6.07, 6.45) is 0. The molecule has 0 atom stereocenters. The van der Waals surface area contributed by atoms with Gasteiger partial charge < -0.3 is 0 Å². The Hall–Kier alpha value is -4.99. The first kappa shape index (κ1) is 28.1. The van der Waals surface area contributed by atoms with E-state index in [2.05, 4.69) is 36.4 Å². The van der Waals surface area contributed by atoms with E-state index in [-0.39, 0.29) is 11.6 Å². The van der Waals surface area contributed by atoms with Crippen LogP contribution in [0.3, 0.4) is 0 Å². The molecule has 3 heteroatoms. The van der Waals surface area contributed by atoms with Gasteiger partial charge >= 0.3 is 0 Å². The summed E-state index contributed by atoms with van der Waals surface area (Å²) >= 11 is 1.71. The third-order valence-electron chi connectivity index (χ3n) is 7.54. The highest BCUT2D eigenvalue weighted by molar-refractivity contribution is 7.99. The van der Waals surface area contributed by atoms with Crippen LogP contribution in [0.1, 0.15) is 43.0 Å². The van der Waals surface area contributed by atoms with Crippen molar-refractivity contribution in [3.63, 3.8) is 0 Å². The Kier molecular flexibility index (Phi) is 8.17. The number of ketones is 2. The van der Waals surface area contributed by atoms with E-state index in [0.29, 0.717) is 22.3 Å². The van der Waals surface area contributed by atoms with E-state index in [0.717, 1.165) is 43.2 Å². The first-order valence-corrected chi connectivity index (χ1v) is 15.1. The van der Waals surface area contributed by atoms with E-state index in [1.165, 1.54) is 0 Å². The van der Waals surface area contributed by atoms with E-state index in [1.54, 1.807) is 11.8 Å². The highest BCUT2D eigenvalue weighted by atomic mass is 32.2. The zero-order chi connectivity index (χ0) is 29.8. The van der Waals surface area contributed by atoms with Crippen molar-refractivity contribution < 1.29 is 9.59 Å². The van der Waals surface area contributed by atoms with Gasteiger partial charge in [-0.2, -0.15) is 0 Å². The average Bonchev–Trinajstić information content (AvgIpc) is 3.05. The number of benzene rings is 6. The predicted molar refractivity (Wildman–Crippen MR) is 177 cm³/mol. The number of carbonyl (C=O) groups is 2. The minimum atomic E-state index is 0.0229. The molecule has 0 unspecified atom stereocenters. The van der Waals surface area contributed by atoms with Gasteiger partial charge in [0.05, 0.1) is 0 Å². The van der Waals surface area contributed by atoms with E-state index in [9.17, 15) is 9.59 Å². The topological polar surface area (TPSA) is 34.1 Å². The Bertz CT molecular complexity index is 1760. The molecule has 0 saturated heterocycles. The Morgan fingerprint density at radius 1 is 0.395 bits per heavy atom. The molecule has 0 aliphatic rings. The molecule has 0 saturated carbocycles. The predicted octanol–water partition coefficient (Wildman–Crippen LogP) is 10.3. The van der Waals surface area contributed by atoms with Crippen molar-refractivity contribution in [3.05, 3.63) is 179 Å². The molecule has 0 aliphatic carbocycles. The maximum absolute atomic E-state index is 13.0. The number of hydrogen-bond acceptors (Lipinski definition) is 3. The largest absolute Gasteiger partial charge is 0.289 e. The van der Waals surface area contributed by atoms with E-state index < -0.39 is 0 Å². The second-order valence-electron chi connectivity index (χ2n) is 10.6. The molecule has 0 spiro atoms. The minimum Gasteiger partial charge on any atom is -0.289 e. The molecule has 43 heavy (non-hydrogen) atoms. The van der Waals surface area contributed by atoms with Gasteiger partial charge in [-0.15, -0.1) is 0 Å². The number of rotatable bonds is 8.